The Bertz CT molecular complexity index is 426. The van der Waals surface area contributed by atoms with Gasteiger partial charge in [0.25, 0.3) is 0 Å². The van der Waals surface area contributed by atoms with Crippen molar-refractivity contribution in [1.29, 1.82) is 0 Å². The van der Waals surface area contributed by atoms with Crippen molar-refractivity contribution in [1.82, 2.24) is 0 Å². The molecular weight excluding hydrogens is 212 g/mol. The zero-order valence-electron chi connectivity index (χ0n) is 7.82. The molecule has 1 nitrogen and oxygen atoms in total. The zero-order chi connectivity index (χ0) is 9.97. The maximum absolute atomic E-state index is 10.8. The molecular formula is C11H10OS2. The second-order valence-electron chi connectivity index (χ2n) is 3.09. The molecule has 0 unspecified atom stereocenters. The third-order valence-electron chi connectivity index (χ3n) is 1.82. The molecule has 0 saturated heterocycles. The molecule has 1 aromatic heterocycles. The van der Waals surface area contributed by atoms with Crippen molar-refractivity contribution < 1.29 is 4.79 Å². The Hall–Kier alpha value is -0.800. The van der Waals surface area contributed by atoms with E-state index in [9.17, 15) is 4.79 Å². The summed E-state index contributed by atoms with van der Waals surface area (Å²) in [6.07, 6.45) is 0. The van der Waals surface area contributed by atoms with Crippen LogP contribution in [-0.4, -0.2) is 11.5 Å². The Morgan fingerprint density at radius 2 is 2.21 bits per heavy atom. The van der Waals surface area contributed by atoms with Crippen molar-refractivity contribution in [3.63, 3.8) is 0 Å². The second-order valence-corrected chi connectivity index (χ2v) is 5.45. The SMILES string of the molecule is CC(=O)CSc1cc2ccccc2s1. The number of Topliss-reactive ketones (excluding diaryl/α,β-unsaturated/α-hetero) is 1. The minimum atomic E-state index is 0.229. The van der Waals surface area contributed by atoms with Crippen LogP contribution in [0.25, 0.3) is 10.1 Å². The van der Waals surface area contributed by atoms with Gasteiger partial charge in [0.2, 0.25) is 0 Å². The van der Waals surface area contributed by atoms with E-state index < -0.39 is 0 Å². The first kappa shape index (κ1) is 9.74. The quantitative estimate of drug-likeness (QED) is 0.738. The fourth-order valence-corrected chi connectivity index (χ4v) is 3.23. The van der Waals surface area contributed by atoms with Crippen LogP contribution < -0.4 is 0 Å². The van der Waals surface area contributed by atoms with E-state index in [1.54, 1.807) is 30.0 Å². The first-order valence-corrected chi connectivity index (χ1v) is 6.17. The van der Waals surface area contributed by atoms with Gasteiger partial charge >= 0.3 is 0 Å². The standard InChI is InChI=1S/C11H10OS2/c1-8(12)7-13-11-6-9-4-2-3-5-10(9)14-11/h2-6H,7H2,1H3. The van der Waals surface area contributed by atoms with Gasteiger partial charge in [0.1, 0.15) is 5.78 Å². The summed E-state index contributed by atoms with van der Waals surface area (Å²) >= 11 is 3.37. The highest BCUT2D eigenvalue weighted by Crippen LogP contribution is 2.32. The van der Waals surface area contributed by atoms with E-state index in [1.807, 2.05) is 12.1 Å². The molecule has 0 saturated carbocycles. The smallest absolute Gasteiger partial charge is 0.140 e. The van der Waals surface area contributed by atoms with Gasteiger partial charge in [-0.05, 0) is 24.4 Å². The van der Waals surface area contributed by atoms with Crippen LogP contribution in [0.1, 0.15) is 6.92 Å². The number of fused-ring (bicyclic) bond motifs is 1. The molecule has 0 aliphatic heterocycles. The van der Waals surface area contributed by atoms with E-state index >= 15 is 0 Å². The normalized spacial score (nSPS) is 10.6. The van der Waals surface area contributed by atoms with Gasteiger partial charge in [-0.25, -0.2) is 0 Å². The molecule has 0 spiro atoms. The van der Waals surface area contributed by atoms with E-state index in [0.717, 1.165) is 0 Å². The average Bonchev–Trinajstić information content (AvgIpc) is 2.57. The lowest BCUT2D eigenvalue weighted by Gasteiger charge is -1.90. The van der Waals surface area contributed by atoms with Crippen molar-refractivity contribution in [2.24, 2.45) is 0 Å². The van der Waals surface area contributed by atoms with Crippen molar-refractivity contribution >= 4 is 39.0 Å². The molecule has 72 valence electrons. The van der Waals surface area contributed by atoms with Crippen LogP contribution in [0.4, 0.5) is 0 Å². The van der Waals surface area contributed by atoms with Gasteiger partial charge in [0, 0.05) is 4.70 Å². The number of thiophene rings is 1. The van der Waals surface area contributed by atoms with Crippen molar-refractivity contribution in [2.45, 2.75) is 11.1 Å². The molecule has 0 amide bonds. The summed E-state index contributed by atoms with van der Waals surface area (Å²) in [5.41, 5.74) is 0. The molecule has 1 heterocycles. The maximum atomic E-state index is 10.8. The van der Waals surface area contributed by atoms with Crippen molar-refractivity contribution in [3.8, 4) is 0 Å². The third kappa shape index (κ3) is 2.16. The molecule has 2 rings (SSSR count). The Kier molecular flexibility index (Phi) is 2.89. The molecule has 0 bridgehead atoms. The number of hydrogen-bond donors (Lipinski definition) is 0. The minimum absolute atomic E-state index is 0.229. The summed E-state index contributed by atoms with van der Waals surface area (Å²) in [6.45, 7) is 1.63. The monoisotopic (exact) mass is 222 g/mol. The molecule has 0 radical (unpaired) electrons. The van der Waals surface area contributed by atoms with Gasteiger partial charge in [-0.3, -0.25) is 4.79 Å². The second kappa shape index (κ2) is 4.15. The number of thioether (sulfide) groups is 1. The zero-order valence-corrected chi connectivity index (χ0v) is 9.45. The fraction of sp³-hybridized carbons (Fsp3) is 0.182. The van der Waals surface area contributed by atoms with E-state index in [0.29, 0.717) is 5.75 Å². The van der Waals surface area contributed by atoms with Crippen LogP contribution in [0, 0.1) is 0 Å². The predicted molar refractivity (Wildman–Crippen MR) is 63.2 cm³/mol. The van der Waals surface area contributed by atoms with Crippen molar-refractivity contribution in [2.75, 3.05) is 5.75 Å². The van der Waals surface area contributed by atoms with Gasteiger partial charge in [-0.1, -0.05) is 18.2 Å². The van der Waals surface area contributed by atoms with Crippen LogP contribution >= 0.6 is 23.1 Å². The number of ketones is 1. The molecule has 0 atom stereocenters. The lowest BCUT2D eigenvalue weighted by Crippen LogP contribution is -1.91. The highest BCUT2D eigenvalue weighted by atomic mass is 32.2. The van der Waals surface area contributed by atoms with Crippen LogP contribution in [0.2, 0.25) is 0 Å². The topological polar surface area (TPSA) is 17.1 Å². The summed E-state index contributed by atoms with van der Waals surface area (Å²) in [7, 11) is 0. The fourth-order valence-electron chi connectivity index (χ4n) is 1.20. The van der Waals surface area contributed by atoms with E-state index in [-0.39, 0.29) is 5.78 Å². The number of carbonyl (C=O) groups is 1. The van der Waals surface area contributed by atoms with E-state index in [2.05, 4.69) is 18.2 Å². The van der Waals surface area contributed by atoms with Gasteiger partial charge in [-0.15, -0.1) is 23.1 Å². The molecule has 0 N–H and O–H groups in total. The van der Waals surface area contributed by atoms with Gasteiger partial charge in [0.15, 0.2) is 0 Å². The number of benzene rings is 1. The van der Waals surface area contributed by atoms with Crippen LogP contribution in [0.5, 0.6) is 0 Å². The Balaban J connectivity index is 2.22. The van der Waals surface area contributed by atoms with Crippen molar-refractivity contribution in [3.05, 3.63) is 30.3 Å². The molecule has 3 heteroatoms. The number of rotatable bonds is 3. The molecule has 0 aliphatic carbocycles. The summed E-state index contributed by atoms with van der Waals surface area (Å²) in [4.78, 5) is 10.8. The highest BCUT2D eigenvalue weighted by Gasteiger charge is 2.02. The predicted octanol–water partition coefficient (Wildman–Crippen LogP) is 3.58. The van der Waals surface area contributed by atoms with Crippen LogP contribution in [0.15, 0.2) is 34.5 Å². The van der Waals surface area contributed by atoms with E-state index in [1.165, 1.54) is 14.3 Å². The Morgan fingerprint density at radius 3 is 2.93 bits per heavy atom. The summed E-state index contributed by atoms with van der Waals surface area (Å²) in [6, 6.07) is 10.4. The first-order chi connectivity index (χ1) is 6.75. The average molecular weight is 222 g/mol. The molecule has 0 fully saturated rings. The maximum Gasteiger partial charge on any atom is 0.140 e. The van der Waals surface area contributed by atoms with Gasteiger partial charge < -0.3 is 0 Å². The molecule has 0 aliphatic rings. The molecule has 2 aromatic rings. The van der Waals surface area contributed by atoms with Gasteiger partial charge in [0.05, 0.1) is 9.96 Å². The largest absolute Gasteiger partial charge is 0.299 e. The van der Waals surface area contributed by atoms with E-state index in [4.69, 9.17) is 0 Å². The summed E-state index contributed by atoms with van der Waals surface area (Å²) in [5, 5.41) is 1.27. The van der Waals surface area contributed by atoms with Gasteiger partial charge in [-0.2, -0.15) is 0 Å². The van der Waals surface area contributed by atoms with Crippen LogP contribution in [-0.2, 0) is 4.79 Å². The summed E-state index contributed by atoms with van der Waals surface area (Å²) in [5.74, 6) is 0.805. The first-order valence-electron chi connectivity index (χ1n) is 4.36. The number of carbonyl (C=O) groups excluding carboxylic acids is 1. The lowest BCUT2D eigenvalue weighted by molar-refractivity contribution is -0.114. The molecule has 1 aromatic carbocycles. The highest BCUT2D eigenvalue weighted by molar-refractivity contribution is 8.01. The molecule has 14 heavy (non-hydrogen) atoms. The minimum Gasteiger partial charge on any atom is -0.299 e. The summed E-state index contributed by atoms with van der Waals surface area (Å²) < 4.78 is 2.51. The van der Waals surface area contributed by atoms with Crippen LogP contribution in [0.3, 0.4) is 0 Å². The number of hydrogen-bond acceptors (Lipinski definition) is 3. The Morgan fingerprint density at radius 1 is 1.43 bits per heavy atom. The lowest BCUT2D eigenvalue weighted by atomic mass is 10.3. The Labute approximate surface area is 91.1 Å². The third-order valence-corrected chi connectivity index (χ3v) is 4.29.